The summed E-state index contributed by atoms with van der Waals surface area (Å²) in [6.07, 6.45) is 0. The molecule has 0 saturated carbocycles. The number of aliphatic hydroxyl groups excluding tert-OH is 1. The smallest absolute Gasteiger partial charge is 0.345 e. The highest BCUT2D eigenvalue weighted by molar-refractivity contribution is 7.13. The molecule has 0 aliphatic carbocycles. The van der Waals surface area contributed by atoms with Gasteiger partial charge in [-0.05, 0) is 19.1 Å². The third-order valence-corrected chi connectivity index (χ3v) is 2.84. The molecule has 3 N–H and O–H groups in total. The van der Waals surface area contributed by atoms with Crippen LogP contribution in [0.25, 0.3) is 0 Å². The number of aliphatic hydroxyl groups is 1. The van der Waals surface area contributed by atoms with Gasteiger partial charge in [-0.3, -0.25) is 0 Å². The molecule has 0 aromatic carbocycles. The Kier molecular flexibility index (Phi) is 4.06. The predicted octanol–water partition coefficient (Wildman–Crippen LogP) is 0.917. The van der Waals surface area contributed by atoms with E-state index < -0.39 is 5.97 Å². The summed E-state index contributed by atoms with van der Waals surface area (Å²) < 4.78 is 0. The topological polar surface area (TPSA) is 69.6 Å². The number of carbonyl (C=O) groups is 1. The maximum Gasteiger partial charge on any atom is 0.345 e. The van der Waals surface area contributed by atoms with E-state index in [0.717, 1.165) is 4.88 Å². The van der Waals surface area contributed by atoms with Gasteiger partial charge in [0.25, 0.3) is 0 Å². The highest BCUT2D eigenvalue weighted by Gasteiger charge is 2.07. The van der Waals surface area contributed by atoms with Crippen LogP contribution in [-0.2, 0) is 6.54 Å². The lowest BCUT2D eigenvalue weighted by molar-refractivity contribution is 0.0702. The van der Waals surface area contributed by atoms with Gasteiger partial charge in [0, 0.05) is 17.5 Å². The number of aromatic carboxylic acids is 1. The van der Waals surface area contributed by atoms with Crippen molar-refractivity contribution in [1.29, 1.82) is 0 Å². The molecule has 1 unspecified atom stereocenters. The van der Waals surface area contributed by atoms with Gasteiger partial charge in [0.2, 0.25) is 0 Å². The van der Waals surface area contributed by atoms with Gasteiger partial charge in [0.05, 0.1) is 6.61 Å². The molecule has 1 rings (SSSR count). The van der Waals surface area contributed by atoms with E-state index in [2.05, 4.69) is 5.32 Å². The third kappa shape index (κ3) is 3.10. The molecule has 1 aromatic rings. The molecule has 5 heteroatoms. The van der Waals surface area contributed by atoms with E-state index in [1.54, 1.807) is 12.1 Å². The molecular weight excluding hydrogens is 202 g/mol. The minimum atomic E-state index is -0.892. The van der Waals surface area contributed by atoms with E-state index in [1.807, 2.05) is 6.92 Å². The first-order chi connectivity index (χ1) is 6.63. The van der Waals surface area contributed by atoms with Crippen LogP contribution in [0.15, 0.2) is 12.1 Å². The summed E-state index contributed by atoms with van der Waals surface area (Å²) in [5.41, 5.74) is 0. The van der Waals surface area contributed by atoms with Gasteiger partial charge in [-0.15, -0.1) is 11.3 Å². The van der Waals surface area contributed by atoms with Crippen molar-refractivity contribution in [1.82, 2.24) is 5.32 Å². The Balaban J connectivity index is 2.48. The van der Waals surface area contributed by atoms with Crippen molar-refractivity contribution in [3.8, 4) is 0 Å². The molecule has 1 heterocycles. The predicted molar refractivity (Wildman–Crippen MR) is 54.7 cm³/mol. The Bertz CT molecular complexity index is 311. The van der Waals surface area contributed by atoms with Gasteiger partial charge in [0.15, 0.2) is 0 Å². The molecule has 1 atom stereocenters. The Labute approximate surface area is 86.2 Å². The van der Waals surface area contributed by atoms with E-state index in [9.17, 15) is 4.79 Å². The van der Waals surface area contributed by atoms with Gasteiger partial charge in [-0.1, -0.05) is 0 Å². The van der Waals surface area contributed by atoms with E-state index in [1.165, 1.54) is 11.3 Å². The second kappa shape index (κ2) is 5.09. The fraction of sp³-hybridized carbons (Fsp3) is 0.444. The van der Waals surface area contributed by atoms with Crippen LogP contribution in [0, 0.1) is 0 Å². The lowest BCUT2D eigenvalue weighted by Gasteiger charge is -2.08. The number of carboxylic acids is 1. The molecule has 0 fully saturated rings. The molecule has 0 spiro atoms. The third-order valence-electron chi connectivity index (χ3n) is 1.77. The standard InChI is InChI=1S/C9H13NO3S/c1-6(5-11)10-4-7-2-3-8(14-7)9(12)13/h2-3,6,10-11H,4-5H2,1H3,(H,12,13). The number of hydrogen-bond donors (Lipinski definition) is 3. The quantitative estimate of drug-likeness (QED) is 0.683. The van der Waals surface area contributed by atoms with Crippen LogP contribution in [0.4, 0.5) is 0 Å². The molecule has 1 aromatic heterocycles. The first-order valence-corrected chi connectivity index (χ1v) is 5.11. The largest absolute Gasteiger partial charge is 0.477 e. The van der Waals surface area contributed by atoms with Crippen LogP contribution in [-0.4, -0.2) is 28.8 Å². The fourth-order valence-electron chi connectivity index (χ4n) is 0.927. The summed E-state index contributed by atoms with van der Waals surface area (Å²) in [5.74, 6) is -0.892. The maximum absolute atomic E-state index is 10.6. The minimum Gasteiger partial charge on any atom is -0.477 e. The second-order valence-corrected chi connectivity index (χ2v) is 4.20. The first kappa shape index (κ1) is 11.2. The zero-order valence-electron chi connectivity index (χ0n) is 7.86. The van der Waals surface area contributed by atoms with Crippen molar-refractivity contribution < 1.29 is 15.0 Å². The zero-order valence-corrected chi connectivity index (χ0v) is 8.67. The Morgan fingerprint density at radius 1 is 1.64 bits per heavy atom. The Morgan fingerprint density at radius 2 is 2.36 bits per heavy atom. The van der Waals surface area contributed by atoms with Crippen molar-refractivity contribution in [2.45, 2.75) is 19.5 Å². The number of rotatable bonds is 5. The summed E-state index contributed by atoms with van der Waals surface area (Å²) in [4.78, 5) is 11.9. The van der Waals surface area contributed by atoms with Crippen LogP contribution < -0.4 is 5.32 Å². The van der Waals surface area contributed by atoms with Crippen molar-refractivity contribution in [2.24, 2.45) is 0 Å². The Hall–Kier alpha value is -0.910. The molecular formula is C9H13NO3S. The normalized spacial score (nSPS) is 12.7. The van der Waals surface area contributed by atoms with Crippen molar-refractivity contribution in [2.75, 3.05) is 6.61 Å². The van der Waals surface area contributed by atoms with E-state index in [-0.39, 0.29) is 12.6 Å². The van der Waals surface area contributed by atoms with Crippen LogP contribution in [0.2, 0.25) is 0 Å². The molecule has 4 nitrogen and oxygen atoms in total. The molecule has 14 heavy (non-hydrogen) atoms. The molecule has 0 saturated heterocycles. The van der Waals surface area contributed by atoms with Crippen molar-refractivity contribution >= 4 is 17.3 Å². The van der Waals surface area contributed by atoms with Gasteiger partial charge in [0.1, 0.15) is 4.88 Å². The fourth-order valence-corrected chi connectivity index (χ4v) is 1.72. The first-order valence-electron chi connectivity index (χ1n) is 4.29. The molecule has 0 aliphatic heterocycles. The van der Waals surface area contributed by atoms with Gasteiger partial charge >= 0.3 is 5.97 Å². The van der Waals surface area contributed by atoms with E-state index in [4.69, 9.17) is 10.2 Å². The summed E-state index contributed by atoms with van der Waals surface area (Å²) in [6.45, 7) is 2.54. The second-order valence-electron chi connectivity index (χ2n) is 3.04. The number of carboxylic acid groups (broad SMARTS) is 1. The van der Waals surface area contributed by atoms with E-state index >= 15 is 0 Å². The van der Waals surface area contributed by atoms with Gasteiger partial charge in [-0.25, -0.2) is 4.79 Å². The minimum absolute atomic E-state index is 0.0328. The number of hydrogen-bond acceptors (Lipinski definition) is 4. The summed E-state index contributed by atoms with van der Waals surface area (Å²) >= 11 is 1.25. The van der Waals surface area contributed by atoms with E-state index in [0.29, 0.717) is 11.4 Å². The molecule has 0 amide bonds. The van der Waals surface area contributed by atoms with Gasteiger partial charge in [-0.2, -0.15) is 0 Å². The van der Waals surface area contributed by atoms with Crippen molar-refractivity contribution in [3.05, 3.63) is 21.9 Å². The molecule has 0 aliphatic rings. The highest BCUT2D eigenvalue weighted by Crippen LogP contribution is 2.16. The molecule has 0 radical (unpaired) electrons. The van der Waals surface area contributed by atoms with Crippen LogP contribution >= 0.6 is 11.3 Å². The summed E-state index contributed by atoms with van der Waals surface area (Å²) in [6, 6.07) is 3.41. The lowest BCUT2D eigenvalue weighted by Crippen LogP contribution is -2.28. The van der Waals surface area contributed by atoms with Crippen molar-refractivity contribution in [3.63, 3.8) is 0 Å². The summed E-state index contributed by atoms with van der Waals surface area (Å²) in [5, 5.41) is 20.5. The van der Waals surface area contributed by atoms with Gasteiger partial charge < -0.3 is 15.5 Å². The van der Waals surface area contributed by atoms with Crippen LogP contribution in [0.3, 0.4) is 0 Å². The molecule has 0 bridgehead atoms. The summed E-state index contributed by atoms with van der Waals surface area (Å²) in [7, 11) is 0. The SMILES string of the molecule is CC(CO)NCc1ccc(C(=O)O)s1. The Morgan fingerprint density at radius 3 is 2.86 bits per heavy atom. The highest BCUT2D eigenvalue weighted by atomic mass is 32.1. The number of thiophene rings is 1. The molecule has 78 valence electrons. The zero-order chi connectivity index (χ0) is 10.6. The maximum atomic E-state index is 10.6. The monoisotopic (exact) mass is 215 g/mol. The van der Waals surface area contributed by atoms with Crippen LogP contribution in [0.1, 0.15) is 21.5 Å². The number of nitrogens with one attached hydrogen (secondary N) is 1. The lowest BCUT2D eigenvalue weighted by atomic mass is 10.3. The van der Waals surface area contributed by atoms with Crippen LogP contribution in [0.5, 0.6) is 0 Å². The average molecular weight is 215 g/mol. The average Bonchev–Trinajstić information content (AvgIpc) is 2.62.